The highest BCUT2D eigenvalue weighted by atomic mass is 19.1. The third kappa shape index (κ3) is 2.69. The molecule has 0 saturated carbocycles. The van der Waals surface area contributed by atoms with Gasteiger partial charge in [-0.05, 0) is 32.0 Å². The molecule has 7 nitrogen and oxygen atoms in total. The molecule has 1 saturated heterocycles. The van der Waals surface area contributed by atoms with E-state index in [0.717, 1.165) is 22.8 Å². The van der Waals surface area contributed by atoms with Gasteiger partial charge in [-0.1, -0.05) is 5.16 Å². The van der Waals surface area contributed by atoms with Crippen LogP contribution < -0.4 is 5.32 Å². The van der Waals surface area contributed by atoms with Crippen molar-refractivity contribution in [1.82, 2.24) is 30.2 Å². The first-order chi connectivity index (χ1) is 11.6. The van der Waals surface area contributed by atoms with Crippen LogP contribution in [0.4, 0.5) is 4.39 Å². The highest BCUT2D eigenvalue weighted by molar-refractivity contribution is 5.53. The van der Waals surface area contributed by atoms with Gasteiger partial charge in [-0.15, -0.1) is 0 Å². The first-order valence-electron chi connectivity index (χ1n) is 7.81. The zero-order valence-corrected chi connectivity index (χ0v) is 13.4. The van der Waals surface area contributed by atoms with Gasteiger partial charge in [0.2, 0.25) is 11.7 Å². The fourth-order valence-electron chi connectivity index (χ4n) is 2.88. The van der Waals surface area contributed by atoms with E-state index >= 15 is 0 Å². The molecule has 1 aliphatic rings. The average Bonchev–Trinajstić information content (AvgIpc) is 3.27. The maximum atomic E-state index is 13.3. The molecule has 0 spiro atoms. The second-order valence-electron chi connectivity index (χ2n) is 5.99. The van der Waals surface area contributed by atoms with Gasteiger partial charge in [-0.2, -0.15) is 10.1 Å². The summed E-state index contributed by atoms with van der Waals surface area (Å²) in [7, 11) is 0. The van der Waals surface area contributed by atoms with Crippen LogP contribution in [-0.4, -0.2) is 37.6 Å². The molecule has 4 rings (SSSR count). The van der Waals surface area contributed by atoms with Crippen LogP contribution >= 0.6 is 0 Å². The van der Waals surface area contributed by atoms with E-state index in [1.54, 1.807) is 10.9 Å². The molecule has 1 fully saturated rings. The summed E-state index contributed by atoms with van der Waals surface area (Å²) in [5.74, 6) is 1.58. The van der Waals surface area contributed by atoms with E-state index in [9.17, 15) is 4.39 Å². The van der Waals surface area contributed by atoms with Gasteiger partial charge in [0.05, 0.1) is 11.7 Å². The lowest BCUT2D eigenvalue weighted by molar-refractivity contribution is 0.324. The smallest absolute Gasteiger partial charge is 0.244 e. The van der Waals surface area contributed by atoms with Gasteiger partial charge < -0.3 is 9.84 Å². The van der Waals surface area contributed by atoms with Crippen molar-refractivity contribution in [3.63, 3.8) is 0 Å². The molecule has 4 heterocycles. The van der Waals surface area contributed by atoms with E-state index in [1.807, 2.05) is 32.0 Å². The molecule has 3 aromatic heterocycles. The number of halogens is 1. The van der Waals surface area contributed by atoms with Crippen molar-refractivity contribution in [3.8, 4) is 17.2 Å². The zero-order valence-electron chi connectivity index (χ0n) is 13.4. The van der Waals surface area contributed by atoms with Crippen molar-refractivity contribution in [3.05, 3.63) is 41.7 Å². The maximum absolute atomic E-state index is 13.3. The molecular formula is C16H17FN6O. The molecule has 0 radical (unpaired) electrons. The normalized spacial score (nSPS) is 20.6. The number of nitrogens with one attached hydrogen (secondary N) is 1. The largest absolute Gasteiger partial charge is 0.337 e. The molecule has 2 atom stereocenters. The number of hydrogen-bond donors (Lipinski definition) is 1. The van der Waals surface area contributed by atoms with Crippen molar-refractivity contribution < 1.29 is 8.91 Å². The van der Waals surface area contributed by atoms with E-state index in [4.69, 9.17) is 4.52 Å². The number of alkyl halides is 1. The lowest BCUT2D eigenvalue weighted by Gasteiger charge is -2.03. The fraction of sp³-hybridized carbons (Fsp3) is 0.375. The summed E-state index contributed by atoms with van der Waals surface area (Å²) in [5, 5.41) is 11.4. The Kier molecular flexibility index (Phi) is 3.61. The quantitative estimate of drug-likeness (QED) is 0.794. The molecule has 124 valence electrons. The molecule has 1 aliphatic heterocycles. The molecule has 0 unspecified atom stereocenters. The van der Waals surface area contributed by atoms with Gasteiger partial charge in [0, 0.05) is 30.4 Å². The summed E-state index contributed by atoms with van der Waals surface area (Å²) in [6, 6.07) is 5.50. The predicted octanol–water partition coefficient (Wildman–Crippen LogP) is 2.31. The monoisotopic (exact) mass is 328 g/mol. The minimum absolute atomic E-state index is 0.219. The minimum Gasteiger partial charge on any atom is -0.337 e. The van der Waals surface area contributed by atoms with Crippen LogP contribution in [0.1, 0.15) is 29.7 Å². The molecule has 0 bridgehead atoms. The molecule has 0 amide bonds. The van der Waals surface area contributed by atoms with E-state index in [1.165, 1.54) is 0 Å². The summed E-state index contributed by atoms with van der Waals surface area (Å²) in [4.78, 5) is 8.77. The second-order valence-corrected chi connectivity index (χ2v) is 5.99. The highest BCUT2D eigenvalue weighted by Gasteiger charge is 2.29. The van der Waals surface area contributed by atoms with Gasteiger partial charge in [-0.25, -0.2) is 14.1 Å². The molecule has 8 heteroatoms. The lowest BCUT2D eigenvalue weighted by Crippen LogP contribution is -2.14. The first kappa shape index (κ1) is 14.9. The lowest BCUT2D eigenvalue weighted by atomic mass is 10.2. The summed E-state index contributed by atoms with van der Waals surface area (Å²) in [6.07, 6.45) is 1.17. The van der Waals surface area contributed by atoms with Crippen LogP contribution in [0.5, 0.6) is 0 Å². The summed E-state index contributed by atoms with van der Waals surface area (Å²) in [6.45, 7) is 4.24. The van der Waals surface area contributed by atoms with Crippen LogP contribution in [0.3, 0.4) is 0 Å². The Labute approximate surface area is 137 Å². The van der Waals surface area contributed by atoms with Crippen LogP contribution in [0.15, 0.2) is 28.9 Å². The van der Waals surface area contributed by atoms with Gasteiger partial charge in [-0.3, -0.25) is 0 Å². The Morgan fingerprint density at radius 1 is 1.33 bits per heavy atom. The van der Waals surface area contributed by atoms with Gasteiger partial charge >= 0.3 is 0 Å². The van der Waals surface area contributed by atoms with Crippen molar-refractivity contribution in [2.75, 3.05) is 6.54 Å². The molecule has 0 aromatic carbocycles. The molecule has 3 aromatic rings. The molecule has 0 aliphatic carbocycles. The SMILES string of the molecule is Cc1cc(C)n(-c2ccc(-c3noc([C@H]4C[C@H](F)CN4)n3)cn2)n1. The van der Waals surface area contributed by atoms with Crippen molar-refractivity contribution in [1.29, 1.82) is 0 Å². The Hall–Kier alpha value is -2.61. The average molecular weight is 328 g/mol. The fourth-order valence-corrected chi connectivity index (χ4v) is 2.88. The van der Waals surface area contributed by atoms with Crippen LogP contribution in [0.25, 0.3) is 17.2 Å². The van der Waals surface area contributed by atoms with Crippen molar-refractivity contribution >= 4 is 0 Å². The molecule has 24 heavy (non-hydrogen) atoms. The Morgan fingerprint density at radius 3 is 2.83 bits per heavy atom. The van der Waals surface area contributed by atoms with E-state index < -0.39 is 6.17 Å². The Morgan fingerprint density at radius 2 is 2.21 bits per heavy atom. The zero-order chi connectivity index (χ0) is 16.7. The number of aryl methyl sites for hydroxylation is 2. The second kappa shape index (κ2) is 5.79. The summed E-state index contributed by atoms with van der Waals surface area (Å²) < 4.78 is 20.3. The predicted molar refractivity (Wildman–Crippen MR) is 84.4 cm³/mol. The summed E-state index contributed by atoms with van der Waals surface area (Å²) in [5.41, 5.74) is 2.70. The third-order valence-corrected chi connectivity index (χ3v) is 4.05. The standard InChI is InChI=1S/C16H17FN6O/c1-9-5-10(2)23(21-9)14-4-3-11(7-19-14)15-20-16(24-22-15)13-6-12(17)8-18-13/h3-5,7,12-13,18H,6,8H2,1-2H3/t12-,13+/m0/s1. The third-order valence-electron chi connectivity index (χ3n) is 4.05. The van der Waals surface area contributed by atoms with Gasteiger partial charge in [0.1, 0.15) is 6.17 Å². The van der Waals surface area contributed by atoms with Gasteiger partial charge in [0.15, 0.2) is 5.82 Å². The highest BCUT2D eigenvalue weighted by Crippen LogP contribution is 2.25. The van der Waals surface area contributed by atoms with E-state index in [2.05, 4.69) is 25.5 Å². The van der Waals surface area contributed by atoms with Crippen molar-refractivity contribution in [2.45, 2.75) is 32.5 Å². The number of hydrogen-bond acceptors (Lipinski definition) is 6. The Balaban J connectivity index is 1.57. The van der Waals surface area contributed by atoms with E-state index in [0.29, 0.717) is 24.7 Å². The maximum Gasteiger partial charge on any atom is 0.244 e. The number of rotatable bonds is 3. The van der Waals surface area contributed by atoms with Crippen molar-refractivity contribution in [2.24, 2.45) is 0 Å². The number of aromatic nitrogens is 5. The summed E-state index contributed by atoms with van der Waals surface area (Å²) >= 11 is 0. The topological polar surface area (TPSA) is 81.7 Å². The minimum atomic E-state index is -0.868. The van der Waals surface area contributed by atoms with Crippen LogP contribution in [0.2, 0.25) is 0 Å². The molecule has 1 N–H and O–H groups in total. The first-order valence-corrected chi connectivity index (χ1v) is 7.81. The number of pyridine rings is 1. The Bertz CT molecular complexity index is 856. The van der Waals surface area contributed by atoms with Crippen LogP contribution in [0, 0.1) is 13.8 Å². The number of nitrogens with zero attached hydrogens (tertiary/aromatic N) is 5. The van der Waals surface area contributed by atoms with Crippen LogP contribution in [-0.2, 0) is 0 Å². The van der Waals surface area contributed by atoms with Gasteiger partial charge in [0.25, 0.3) is 0 Å². The van der Waals surface area contributed by atoms with E-state index in [-0.39, 0.29) is 6.04 Å². The molecular weight excluding hydrogens is 311 g/mol.